The third kappa shape index (κ3) is 2.29. The second-order valence-corrected chi connectivity index (χ2v) is 7.11. The SMILES string of the molecule is CCc1cc2c(=O)n(Cc3nc(C)c(C)s3)cnc2s1. The highest BCUT2D eigenvalue weighted by molar-refractivity contribution is 7.18. The first-order chi connectivity index (χ1) is 9.58. The molecule has 3 heterocycles. The third-order valence-corrected chi connectivity index (χ3v) is 5.54. The molecule has 0 aliphatic carbocycles. The summed E-state index contributed by atoms with van der Waals surface area (Å²) in [6, 6.07) is 1.96. The van der Waals surface area contributed by atoms with E-state index >= 15 is 0 Å². The van der Waals surface area contributed by atoms with Crippen molar-refractivity contribution in [1.82, 2.24) is 14.5 Å². The summed E-state index contributed by atoms with van der Waals surface area (Å²) in [5, 5.41) is 1.67. The Balaban J connectivity index is 2.03. The highest BCUT2D eigenvalue weighted by Gasteiger charge is 2.10. The van der Waals surface area contributed by atoms with E-state index in [1.807, 2.05) is 19.9 Å². The lowest BCUT2D eigenvalue weighted by atomic mass is 10.3. The molecule has 3 rings (SSSR count). The Hall–Kier alpha value is -1.53. The lowest BCUT2D eigenvalue weighted by molar-refractivity contribution is 0.742. The van der Waals surface area contributed by atoms with Crippen molar-refractivity contribution in [2.75, 3.05) is 0 Å². The second-order valence-electron chi connectivity index (χ2n) is 4.71. The predicted molar refractivity (Wildman–Crippen MR) is 83.9 cm³/mol. The summed E-state index contributed by atoms with van der Waals surface area (Å²) in [5.74, 6) is 0. The molecule has 4 nitrogen and oxygen atoms in total. The molecule has 0 bridgehead atoms. The van der Waals surface area contributed by atoms with Crippen molar-refractivity contribution in [2.24, 2.45) is 0 Å². The van der Waals surface area contributed by atoms with E-state index in [2.05, 4.69) is 16.9 Å². The fourth-order valence-electron chi connectivity index (χ4n) is 2.05. The third-order valence-electron chi connectivity index (χ3n) is 3.30. The van der Waals surface area contributed by atoms with Crippen molar-refractivity contribution in [1.29, 1.82) is 0 Å². The van der Waals surface area contributed by atoms with Crippen LogP contribution in [-0.4, -0.2) is 14.5 Å². The topological polar surface area (TPSA) is 47.8 Å². The standard InChI is InChI=1S/C14H15N3OS2/c1-4-10-5-11-13(20-10)15-7-17(14(11)18)6-12-16-8(2)9(3)19-12/h5,7H,4,6H2,1-3H3. The van der Waals surface area contributed by atoms with E-state index in [1.165, 1.54) is 9.75 Å². The molecule has 3 aromatic rings. The summed E-state index contributed by atoms with van der Waals surface area (Å²) in [6.07, 6.45) is 2.57. The van der Waals surface area contributed by atoms with Crippen molar-refractivity contribution in [3.05, 3.63) is 43.2 Å². The summed E-state index contributed by atoms with van der Waals surface area (Å²) >= 11 is 3.23. The number of thiophene rings is 1. The molecule has 0 aromatic carbocycles. The fraction of sp³-hybridized carbons (Fsp3) is 0.357. The van der Waals surface area contributed by atoms with E-state index in [-0.39, 0.29) is 5.56 Å². The average Bonchev–Trinajstić information content (AvgIpc) is 2.98. The minimum absolute atomic E-state index is 0.0245. The van der Waals surface area contributed by atoms with Crippen LogP contribution in [0.1, 0.15) is 27.4 Å². The molecule has 0 saturated carbocycles. The number of aryl methyl sites for hydroxylation is 3. The Morgan fingerprint density at radius 1 is 1.30 bits per heavy atom. The van der Waals surface area contributed by atoms with Crippen LogP contribution in [0, 0.1) is 13.8 Å². The molecule has 0 aliphatic heterocycles. The molecule has 0 atom stereocenters. The highest BCUT2D eigenvalue weighted by atomic mass is 32.1. The van der Waals surface area contributed by atoms with Crippen LogP contribution in [0.15, 0.2) is 17.2 Å². The van der Waals surface area contributed by atoms with Gasteiger partial charge in [0.25, 0.3) is 5.56 Å². The van der Waals surface area contributed by atoms with E-state index in [0.29, 0.717) is 6.54 Å². The largest absolute Gasteiger partial charge is 0.292 e. The number of thiazole rings is 1. The summed E-state index contributed by atoms with van der Waals surface area (Å²) < 4.78 is 1.65. The van der Waals surface area contributed by atoms with Crippen LogP contribution in [0.25, 0.3) is 10.2 Å². The van der Waals surface area contributed by atoms with Gasteiger partial charge in [-0.3, -0.25) is 9.36 Å². The van der Waals surface area contributed by atoms with Crippen LogP contribution in [0.2, 0.25) is 0 Å². The Morgan fingerprint density at radius 3 is 2.75 bits per heavy atom. The first-order valence-corrected chi connectivity index (χ1v) is 8.12. The Labute approximate surface area is 124 Å². The molecule has 0 amide bonds. The van der Waals surface area contributed by atoms with Crippen LogP contribution >= 0.6 is 22.7 Å². The van der Waals surface area contributed by atoms with Gasteiger partial charge in [-0.2, -0.15) is 0 Å². The van der Waals surface area contributed by atoms with Gasteiger partial charge in [-0.15, -0.1) is 22.7 Å². The molecule has 0 spiro atoms. The van der Waals surface area contributed by atoms with Gasteiger partial charge in [-0.25, -0.2) is 9.97 Å². The molecular formula is C14H15N3OS2. The zero-order valence-electron chi connectivity index (χ0n) is 11.6. The number of hydrogen-bond acceptors (Lipinski definition) is 5. The lowest BCUT2D eigenvalue weighted by Crippen LogP contribution is -2.20. The molecule has 0 unspecified atom stereocenters. The Kier molecular flexibility index (Phi) is 3.43. The van der Waals surface area contributed by atoms with Crippen LogP contribution in [0.3, 0.4) is 0 Å². The van der Waals surface area contributed by atoms with Crippen molar-refractivity contribution in [2.45, 2.75) is 33.7 Å². The van der Waals surface area contributed by atoms with E-state index in [1.54, 1.807) is 33.6 Å². The molecule has 0 fully saturated rings. The lowest BCUT2D eigenvalue weighted by Gasteiger charge is -2.01. The zero-order valence-corrected chi connectivity index (χ0v) is 13.3. The zero-order chi connectivity index (χ0) is 14.3. The van der Waals surface area contributed by atoms with E-state index in [4.69, 9.17) is 0 Å². The van der Waals surface area contributed by atoms with Crippen molar-refractivity contribution < 1.29 is 0 Å². The quantitative estimate of drug-likeness (QED) is 0.747. The maximum atomic E-state index is 12.5. The predicted octanol–water partition coefficient (Wildman–Crippen LogP) is 3.14. The monoisotopic (exact) mass is 305 g/mol. The normalized spacial score (nSPS) is 11.3. The highest BCUT2D eigenvalue weighted by Crippen LogP contribution is 2.21. The summed E-state index contributed by atoms with van der Waals surface area (Å²) in [6.45, 7) is 6.63. The summed E-state index contributed by atoms with van der Waals surface area (Å²) in [5.41, 5.74) is 1.06. The van der Waals surface area contributed by atoms with Gasteiger partial charge in [0.05, 0.1) is 24.0 Å². The van der Waals surface area contributed by atoms with Crippen LogP contribution in [0.5, 0.6) is 0 Å². The Morgan fingerprint density at radius 2 is 2.10 bits per heavy atom. The van der Waals surface area contributed by atoms with Crippen LogP contribution in [0.4, 0.5) is 0 Å². The maximum Gasteiger partial charge on any atom is 0.262 e. The number of hydrogen-bond donors (Lipinski definition) is 0. The van der Waals surface area contributed by atoms with Gasteiger partial charge in [0.2, 0.25) is 0 Å². The molecule has 6 heteroatoms. The second kappa shape index (κ2) is 5.10. The average molecular weight is 305 g/mol. The fourth-order valence-corrected chi connectivity index (χ4v) is 3.91. The van der Waals surface area contributed by atoms with Gasteiger partial charge in [-0.05, 0) is 26.3 Å². The van der Waals surface area contributed by atoms with Gasteiger partial charge >= 0.3 is 0 Å². The molecule has 0 radical (unpaired) electrons. The van der Waals surface area contributed by atoms with Crippen molar-refractivity contribution in [3.8, 4) is 0 Å². The van der Waals surface area contributed by atoms with E-state index in [0.717, 1.165) is 27.3 Å². The first kappa shape index (κ1) is 13.5. The Bertz CT molecular complexity index is 809. The molecule has 0 N–H and O–H groups in total. The molecule has 0 aliphatic rings. The van der Waals surface area contributed by atoms with Crippen LogP contribution in [-0.2, 0) is 13.0 Å². The van der Waals surface area contributed by atoms with Gasteiger partial charge in [0, 0.05) is 9.75 Å². The first-order valence-electron chi connectivity index (χ1n) is 6.49. The van der Waals surface area contributed by atoms with Gasteiger partial charge < -0.3 is 0 Å². The number of fused-ring (bicyclic) bond motifs is 1. The number of aromatic nitrogens is 3. The van der Waals surface area contributed by atoms with Crippen LogP contribution < -0.4 is 5.56 Å². The molecule has 104 valence electrons. The summed E-state index contributed by atoms with van der Waals surface area (Å²) in [7, 11) is 0. The maximum absolute atomic E-state index is 12.5. The summed E-state index contributed by atoms with van der Waals surface area (Å²) in [4.78, 5) is 24.6. The number of nitrogens with zero attached hydrogens (tertiary/aromatic N) is 3. The number of rotatable bonds is 3. The van der Waals surface area contributed by atoms with Crippen molar-refractivity contribution in [3.63, 3.8) is 0 Å². The molecular weight excluding hydrogens is 290 g/mol. The minimum Gasteiger partial charge on any atom is -0.292 e. The van der Waals surface area contributed by atoms with E-state index < -0.39 is 0 Å². The molecule has 20 heavy (non-hydrogen) atoms. The van der Waals surface area contributed by atoms with Gasteiger partial charge in [0.1, 0.15) is 9.84 Å². The smallest absolute Gasteiger partial charge is 0.262 e. The minimum atomic E-state index is 0.0245. The molecule has 3 aromatic heterocycles. The van der Waals surface area contributed by atoms with E-state index in [9.17, 15) is 4.79 Å². The molecule has 0 saturated heterocycles. The van der Waals surface area contributed by atoms with Gasteiger partial charge in [0.15, 0.2) is 0 Å². The van der Waals surface area contributed by atoms with Crippen molar-refractivity contribution >= 4 is 32.9 Å². The van der Waals surface area contributed by atoms with Gasteiger partial charge in [-0.1, -0.05) is 6.92 Å².